The van der Waals surface area contributed by atoms with Crippen LogP contribution in [0.15, 0.2) is 0 Å². The highest BCUT2D eigenvalue weighted by molar-refractivity contribution is 5.79. The Kier molecular flexibility index (Phi) is 14.7. The van der Waals surface area contributed by atoms with Gasteiger partial charge in [0, 0.05) is 41.9 Å². The Hall–Kier alpha value is -1.38. The molecule has 0 bridgehead atoms. The zero-order chi connectivity index (χ0) is 29.1. The third kappa shape index (κ3) is 18.5. The van der Waals surface area contributed by atoms with Gasteiger partial charge in [-0.05, 0) is 26.7 Å². The maximum Gasteiger partial charge on any atom is 0.407 e. The molecule has 8 nitrogen and oxygen atoms in total. The Morgan fingerprint density at radius 3 is 1.59 bits per heavy atom. The smallest absolute Gasteiger partial charge is 0.407 e. The van der Waals surface area contributed by atoms with Crippen molar-refractivity contribution < 1.29 is 23.8 Å². The molecule has 0 heterocycles. The summed E-state index contributed by atoms with van der Waals surface area (Å²) in [5, 5.41) is 9.39. The van der Waals surface area contributed by atoms with Crippen molar-refractivity contribution in [1.82, 2.24) is 16.0 Å². The lowest BCUT2D eigenvalue weighted by molar-refractivity contribution is -0.129. The minimum absolute atomic E-state index is 0.00535. The average Bonchev–Trinajstić information content (AvgIpc) is 2.71. The van der Waals surface area contributed by atoms with Gasteiger partial charge in [-0.2, -0.15) is 0 Å². The van der Waals surface area contributed by atoms with Crippen molar-refractivity contribution in [2.75, 3.05) is 46.1 Å². The summed E-state index contributed by atoms with van der Waals surface area (Å²) in [7, 11) is 0. The minimum Gasteiger partial charge on any atom is -0.444 e. The number of carbonyl (C=O) groups excluding carboxylic acids is 2. The number of amides is 2. The molecule has 0 aliphatic heterocycles. The van der Waals surface area contributed by atoms with Crippen molar-refractivity contribution in [3.05, 3.63) is 0 Å². The highest BCUT2D eigenvalue weighted by Gasteiger charge is 2.28. The van der Waals surface area contributed by atoms with Crippen LogP contribution in [-0.4, -0.2) is 69.7 Å². The normalized spacial score (nSPS) is 14.1. The van der Waals surface area contributed by atoms with Gasteiger partial charge in [0.15, 0.2) is 0 Å². The first-order valence-electron chi connectivity index (χ1n) is 13.8. The van der Waals surface area contributed by atoms with Gasteiger partial charge in [-0.25, -0.2) is 4.79 Å². The van der Waals surface area contributed by atoms with Crippen LogP contribution in [0.1, 0.15) is 90.0 Å². The van der Waals surface area contributed by atoms with Crippen LogP contribution in [-0.2, 0) is 19.0 Å². The fourth-order valence-electron chi connectivity index (χ4n) is 3.35. The second kappa shape index (κ2) is 15.3. The van der Waals surface area contributed by atoms with Crippen LogP contribution in [0.25, 0.3) is 0 Å². The third-order valence-electron chi connectivity index (χ3n) is 5.76. The van der Waals surface area contributed by atoms with Gasteiger partial charge in [0.2, 0.25) is 5.91 Å². The molecule has 0 spiro atoms. The maximum absolute atomic E-state index is 13.0. The lowest BCUT2D eigenvalue weighted by Crippen LogP contribution is -2.43. The van der Waals surface area contributed by atoms with Crippen molar-refractivity contribution in [2.45, 2.75) is 102 Å². The van der Waals surface area contributed by atoms with E-state index in [1.165, 1.54) is 0 Å². The van der Waals surface area contributed by atoms with Crippen molar-refractivity contribution in [2.24, 2.45) is 28.1 Å². The number of hydrogen-bond donors (Lipinski definition) is 3. The quantitative estimate of drug-likeness (QED) is 0.245. The molecule has 1 atom stereocenters. The topological polar surface area (TPSA) is 97.9 Å². The number of ether oxygens (including phenoxy) is 3. The molecule has 0 aliphatic carbocycles. The number of carbonyl (C=O) groups is 2. The number of alkyl carbamates (subject to hydrolysis) is 1. The summed E-state index contributed by atoms with van der Waals surface area (Å²) >= 11 is 0. The van der Waals surface area contributed by atoms with E-state index in [4.69, 9.17) is 14.2 Å². The largest absolute Gasteiger partial charge is 0.444 e. The van der Waals surface area contributed by atoms with E-state index in [2.05, 4.69) is 57.5 Å². The standard InChI is InChI=1S/C29H59N3O5/c1-21(2)23(14-35-18-29(12,13)17-32-25(34)37-26(5,6)7)24(33)31-16-28(10,11)20-36-19-27(8,9)15-30-22(3)4/h21-23,30H,14-20H2,1-13H3,(H,31,33)(H,32,34). The molecule has 0 rings (SSSR count). The van der Waals surface area contributed by atoms with Crippen LogP contribution in [0.4, 0.5) is 4.79 Å². The van der Waals surface area contributed by atoms with Crippen LogP contribution in [0, 0.1) is 28.1 Å². The SMILES string of the molecule is CC(C)NCC(C)(C)COCC(C)(C)CNC(=O)C(COCC(C)(C)CNC(=O)OC(C)(C)C)C(C)C. The molecule has 0 fully saturated rings. The molecule has 2 amide bonds. The van der Waals surface area contributed by atoms with Crippen molar-refractivity contribution in [3.8, 4) is 0 Å². The van der Waals surface area contributed by atoms with E-state index < -0.39 is 11.7 Å². The fraction of sp³-hybridized carbons (Fsp3) is 0.931. The Morgan fingerprint density at radius 1 is 0.676 bits per heavy atom. The molecule has 0 saturated carbocycles. The van der Waals surface area contributed by atoms with Crippen LogP contribution in [0.2, 0.25) is 0 Å². The van der Waals surface area contributed by atoms with Gasteiger partial charge < -0.3 is 30.2 Å². The minimum atomic E-state index is -0.537. The van der Waals surface area contributed by atoms with E-state index in [0.717, 1.165) is 6.54 Å². The highest BCUT2D eigenvalue weighted by atomic mass is 16.6. The molecule has 0 aromatic rings. The first-order chi connectivity index (χ1) is 16.6. The van der Waals surface area contributed by atoms with Crippen molar-refractivity contribution >= 4 is 12.0 Å². The number of nitrogens with one attached hydrogen (secondary N) is 3. The van der Waals surface area contributed by atoms with E-state index in [1.807, 2.05) is 48.5 Å². The molecule has 0 aromatic heterocycles. The molecule has 220 valence electrons. The Labute approximate surface area is 227 Å². The van der Waals surface area contributed by atoms with Crippen LogP contribution < -0.4 is 16.0 Å². The van der Waals surface area contributed by atoms with Gasteiger partial charge in [0.25, 0.3) is 0 Å². The summed E-state index contributed by atoms with van der Waals surface area (Å²) in [6, 6.07) is 0.448. The van der Waals surface area contributed by atoms with Gasteiger partial charge in [0.1, 0.15) is 5.60 Å². The molecule has 37 heavy (non-hydrogen) atoms. The van der Waals surface area contributed by atoms with Gasteiger partial charge in [-0.15, -0.1) is 0 Å². The maximum atomic E-state index is 13.0. The molecule has 8 heteroatoms. The van der Waals surface area contributed by atoms with Crippen molar-refractivity contribution in [3.63, 3.8) is 0 Å². The molecule has 3 N–H and O–H groups in total. The van der Waals surface area contributed by atoms with E-state index in [0.29, 0.717) is 45.6 Å². The summed E-state index contributed by atoms with van der Waals surface area (Å²) in [4.78, 5) is 25.0. The lowest BCUT2D eigenvalue weighted by Gasteiger charge is -2.31. The molecule has 1 unspecified atom stereocenters. The summed E-state index contributed by atoms with van der Waals surface area (Å²) in [6.45, 7) is 30.3. The first kappa shape index (κ1) is 35.6. The molecular weight excluding hydrogens is 470 g/mol. The Morgan fingerprint density at radius 2 is 1.14 bits per heavy atom. The fourth-order valence-corrected chi connectivity index (χ4v) is 3.35. The van der Waals surface area contributed by atoms with E-state index in [9.17, 15) is 9.59 Å². The summed E-state index contributed by atoms with van der Waals surface area (Å²) in [5.41, 5.74) is -0.980. The Bertz CT molecular complexity index is 682. The molecule has 0 radical (unpaired) electrons. The molecule has 0 aliphatic rings. The highest BCUT2D eigenvalue weighted by Crippen LogP contribution is 2.21. The second-order valence-corrected chi connectivity index (χ2v) is 14.5. The van der Waals surface area contributed by atoms with E-state index >= 15 is 0 Å². The monoisotopic (exact) mass is 529 g/mol. The zero-order valence-corrected chi connectivity index (χ0v) is 26.2. The summed E-state index contributed by atoms with van der Waals surface area (Å²) in [5.74, 6) is -0.127. The van der Waals surface area contributed by atoms with Gasteiger partial charge in [-0.3, -0.25) is 4.79 Å². The van der Waals surface area contributed by atoms with Crippen LogP contribution in [0.5, 0.6) is 0 Å². The third-order valence-corrected chi connectivity index (χ3v) is 5.76. The number of rotatable bonds is 17. The van der Waals surface area contributed by atoms with Gasteiger partial charge in [0.05, 0.1) is 32.3 Å². The predicted octanol–water partition coefficient (Wildman–Crippen LogP) is 5.01. The van der Waals surface area contributed by atoms with Crippen LogP contribution >= 0.6 is 0 Å². The van der Waals surface area contributed by atoms with E-state index in [1.54, 1.807) is 0 Å². The first-order valence-corrected chi connectivity index (χ1v) is 13.8. The molecule has 0 aromatic carbocycles. The van der Waals surface area contributed by atoms with E-state index in [-0.39, 0.29) is 34.0 Å². The predicted molar refractivity (Wildman–Crippen MR) is 152 cm³/mol. The van der Waals surface area contributed by atoms with Gasteiger partial charge in [-0.1, -0.05) is 69.2 Å². The lowest BCUT2D eigenvalue weighted by atomic mass is 9.91. The zero-order valence-electron chi connectivity index (χ0n) is 26.2. The summed E-state index contributed by atoms with van der Waals surface area (Å²) in [6.07, 6.45) is -0.442. The second-order valence-electron chi connectivity index (χ2n) is 14.5. The molecular formula is C29H59N3O5. The van der Waals surface area contributed by atoms with Gasteiger partial charge >= 0.3 is 6.09 Å². The average molecular weight is 530 g/mol. The Balaban J connectivity index is 4.59. The van der Waals surface area contributed by atoms with Crippen molar-refractivity contribution in [1.29, 1.82) is 0 Å². The summed E-state index contributed by atoms with van der Waals surface area (Å²) < 4.78 is 17.3. The molecule has 0 saturated heterocycles. The number of hydrogen-bond acceptors (Lipinski definition) is 6. The van der Waals surface area contributed by atoms with Crippen LogP contribution in [0.3, 0.4) is 0 Å².